The van der Waals surface area contributed by atoms with Gasteiger partial charge < -0.3 is 15.1 Å². The van der Waals surface area contributed by atoms with Gasteiger partial charge in [-0.1, -0.05) is 5.92 Å². The van der Waals surface area contributed by atoms with Gasteiger partial charge in [-0.25, -0.2) is 9.59 Å². The molecule has 2 aliphatic heterocycles. The van der Waals surface area contributed by atoms with E-state index in [9.17, 15) is 27.6 Å². The minimum absolute atomic E-state index is 0.0185. The van der Waals surface area contributed by atoms with Crippen molar-refractivity contribution in [1.29, 1.82) is 0 Å². The molecule has 1 atom stereocenters. The third-order valence-electron chi connectivity index (χ3n) is 5.11. The molecule has 3 rings (SSSR count). The summed E-state index contributed by atoms with van der Waals surface area (Å²) in [6.07, 6.45) is -6.34. The minimum Gasteiger partial charge on any atom is -0.327 e. The molecule has 1 fully saturated rings. The molecule has 1 unspecified atom stereocenters. The zero-order valence-electron chi connectivity index (χ0n) is 17.3. The second-order valence-corrected chi connectivity index (χ2v) is 6.95. The summed E-state index contributed by atoms with van der Waals surface area (Å²) >= 11 is 0. The molecule has 170 valence electrons. The maximum atomic E-state index is 13.1. The van der Waals surface area contributed by atoms with E-state index in [2.05, 4.69) is 17.2 Å². The van der Waals surface area contributed by atoms with Crippen molar-refractivity contribution in [1.82, 2.24) is 19.4 Å². The molecule has 0 aliphatic carbocycles. The van der Waals surface area contributed by atoms with Gasteiger partial charge >= 0.3 is 17.8 Å². The van der Waals surface area contributed by atoms with Gasteiger partial charge in [-0.15, -0.1) is 11.0 Å². The third-order valence-corrected chi connectivity index (χ3v) is 5.11. The topological polar surface area (TPSA) is 92.0 Å². The largest absolute Gasteiger partial charge is 0.493 e. The van der Waals surface area contributed by atoms with Crippen LogP contribution in [0.5, 0.6) is 0 Å². The van der Waals surface area contributed by atoms with Crippen LogP contribution in [0.3, 0.4) is 0 Å². The molecule has 1 aromatic heterocycles. The van der Waals surface area contributed by atoms with Crippen LogP contribution in [-0.4, -0.2) is 65.2 Å². The lowest BCUT2D eigenvalue weighted by Crippen LogP contribution is -2.61. The van der Waals surface area contributed by atoms with E-state index in [4.69, 9.17) is 4.84 Å². The van der Waals surface area contributed by atoms with Gasteiger partial charge in [0.1, 0.15) is 0 Å². The fourth-order valence-electron chi connectivity index (χ4n) is 3.69. The van der Waals surface area contributed by atoms with E-state index in [1.54, 1.807) is 18.7 Å². The standard InChI is InChI=1S/C18H23F3N6O4/c1-4-6-9-26-12-13(23(3)17(30)25(5-2)14(12)28)27(31-15(29)18(19,20)21)16(26)24-10-7-22-8-11-24/h16,22H,5,7-11H2,1-3H3. The summed E-state index contributed by atoms with van der Waals surface area (Å²) in [4.78, 5) is 45.5. The summed E-state index contributed by atoms with van der Waals surface area (Å²) in [5.74, 6) is 2.84. The fraction of sp³-hybridized carbons (Fsp3) is 0.611. The van der Waals surface area contributed by atoms with Crippen LogP contribution < -0.4 is 26.5 Å². The summed E-state index contributed by atoms with van der Waals surface area (Å²) in [6.45, 7) is 5.13. The second-order valence-electron chi connectivity index (χ2n) is 6.95. The van der Waals surface area contributed by atoms with Gasteiger partial charge in [-0.05, 0) is 13.8 Å². The Bertz CT molecular complexity index is 1030. The van der Waals surface area contributed by atoms with Crippen LogP contribution in [0.15, 0.2) is 9.59 Å². The molecule has 1 N–H and O–H groups in total. The quantitative estimate of drug-likeness (QED) is 0.618. The molecule has 3 heterocycles. The SMILES string of the molecule is CC#CCN1c2c(n(C)c(=O)n(CC)c2=O)N(OC(=O)C(F)(F)F)C1N1CCNCC1. The van der Waals surface area contributed by atoms with Crippen LogP contribution in [0.25, 0.3) is 0 Å². The molecule has 0 spiro atoms. The summed E-state index contributed by atoms with van der Waals surface area (Å²) in [5.41, 5.74) is -1.48. The van der Waals surface area contributed by atoms with Gasteiger partial charge in [0.25, 0.3) is 5.56 Å². The van der Waals surface area contributed by atoms with Crippen molar-refractivity contribution >= 4 is 17.5 Å². The number of alkyl halides is 3. The van der Waals surface area contributed by atoms with Crippen LogP contribution in [0, 0.1) is 11.8 Å². The Morgan fingerprint density at radius 3 is 2.45 bits per heavy atom. The highest BCUT2D eigenvalue weighted by Gasteiger charge is 2.50. The van der Waals surface area contributed by atoms with E-state index < -0.39 is 29.7 Å². The molecule has 0 amide bonds. The first-order valence-electron chi connectivity index (χ1n) is 9.66. The molecular formula is C18H23F3N6O4. The number of hydrogen-bond donors (Lipinski definition) is 1. The Hall–Kier alpha value is -2.98. The smallest absolute Gasteiger partial charge is 0.327 e. The number of nitrogens with zero attached hydrogens (tertiary/aromatic N) is 5. The van der Waals surface area contributed by atoms with Crippen LogP contribution in [0.2, 0.25) is 0 Å². The normalized spacial score (nSPS) is 19.1. The van der Waals surface area contributed by atoms with Crippen molar-refractivity contribution in [3.63, 3.8) is 0 Å². The lowest BCUT2D eigenvalue weighted by molar-refractivity contribution is -0.203. The average molecular weight is 444 g/mol. The monoisotopic (exact) mass is 444 g/mol. The highest BCUT2D eigenvalue weighted by molar-refractivity contribution is 5.80. The number of piperazine rings is 1. The first-order chi connectivity index (χ1) is 14.6. The van der Waals surface area contributed by atoms with Crippen LogP contribution in [-0.2, 0) is 23.2 Å². The number of fused-ring (bicyclic) bond motifs is 1. The lowest BCUT2D eigenvalue weighted by atomic mass is 10.3. The van der Waals surface area contributed by atoms with Gasteiger partial charge in [0.05, 0.1) is 6.54 Å². The molecule has 0 aromatic carbocycles. The van der Waals surface area contributed by atoms with E-state index in [-0.39, 0.29) is 24.6 Å². The molecule has 10 nitrogen and oxygen atoms in total. The molecule has 1 saturated heterocycles. The van der Waals surface area contributed by atoms with Gasteiger partial charge in [-0.2, -0.15) is 13.2 Å². The molecule has 1 aromatic rings. The van der Waals surface area contributed by atoms with E-state index in [0.29, 0.717) is 31.2 Å². The van der Waals surface area contributed by atoms with Gasteiger partial charge in [-0.3, -0.25) is 18.8 Å². The Morgan fingerprint density at radius 2 is 1.90 bits per heavy atom. The number of nitrogens with one attached hydrogen (secondary N) is 1. The molecule has 2 aliphatic rings. The Morgan fingerprint density at radius 1 is 1.26 bits per heavy atom. The second kappa shape index (κ2) is 8.64. The van der Waals surface area contributed by atoms with E-state index in [1.807, 2.05) is 0 Å². The number of anilines is 2. The van der Waals surface area contributed by atoms with Crippen LogP contribution in [0.1, 0.15) is 13.8 Å². The zero-order valence-corrected chi connectivity index (χ0v) is 17.3. The molecule has 13 heteroatoms. The molecular weight excluding hydrogens is 421 g/mol. The fourth-order valence-corrected chi connectivity index (χ4v) is 3.69. The number of hydroxylamine groups is 1. The van der Waals surface area contributed by atoms with E-state index in [0.717, 1.165) is 9.13 Å². The molecule has 0 saturated carbocycles. The van der Waals surface area contributed by atoms with Crippen molar-refractivity contribution in [2.24, 2.45) is 7.05 Å². The van der Waals surface area contributed by atoms with Gasteiger partial charge in [0.2, 0.25) is 0 Å². The number of carbonyl (C=O) groups excluding carboxylic acids is 1. The van der Waals surface area contributed by atoms with Crippen molar-refractivity contribution in [3.05, 3.63) is 20.8 Å². The number of rotatable bonds is 4. The molecule has 0 radical (unpaired) electrons. The predicted molar refractivity (Wildman–Crippen MR) is 105 cm³/mol. The van der Waals surface area contributed by atoms with E-state index >= 15 is 0 Å². The first kappa shape index (κ1) is 22.7. The van der Waals surface area contributed by atoms with Crippen LogP contribution in [0.4, 0.5) is 24.7 Å². The Labute approximate surface area is 175 Å². The first-order valence-corrected chi connectivity index (χ1v) is 9.66. The third kappa shape index (κ3) is 4.00. The Kier molecular flexibility index (Phi) is 6.33. The highest BCUT2D eigenvalue weighted by Crippen LogP contribution is 2.38. The number of aromatic nitrogens is 2. The zero-order chi connectivity index (χ0) is 22.9. The summed E-state index contributed by atoms with van der Waals surface area (Å²) in [6, 6.07) is 0. The van der Waals surface area contributed by atoms with Crippen molar-refractivity contribution in [2.45, 2.75) is 32.9 Å². The van der Waals surface area contributed by atoms with Gasteiger partial charge in [0.15, 0.2) is 17.8 Å². The van der Waals surface area contributed by atoms with Crippen molar-refractivity contribution in [3.8, 4) is 11.8 Å². The number of hydrogen-bond acceptors (Lipinski definition) is 8. The van der Waals surface area contributed by atoms with Crippen molar-refractivity contribution < 1.29 is 22.8 Å². The van der Waals surface area contributed by atoms with Crippen molar-refractivity contribution in [2.75, 3.05) is 42.7 Å². The predicted octanol–water partition coefficient (Wildman–Crippen LogP) is -0.574. The summed E-state index contributed by atoms with van der Waals surface area (Å²) in [5, 5.41) is 3.84. The van der Waals surface area contributed by atoms with Gasteiger partial charge in [0, 0.05) is 39.8 Å². The minimum atomic E-state index is -5.26. The summed E-state index contributed by atoms with van der Waals surface area (Å²) < 4.78 is 41.1. The molecule has 0 bridgehead atoms. The lowest BCUT2D eigenvalue weighted by Gasteiger charge is -2.40. The van der Waals surface area contributed by atoms with Crippen LogP contribution >= 0.6 is 0 Å². The highest BCUT2D eigenvalue weighted by atomic mass is 19.4. The number of halogens is 3. The summed E-state index contributed by atoms with van der Waals surface area (Å²) in [7, 11) is 1.31. The number of carbonyl (C=O) groups is 1. The maximum Gasteiger partial charge on any atom is 0.493 e. The average Bonchev–Trinajstić information content (AvgIpc) is 3.05. The molecule has 31 heavy (non-hydrogen) atoms. The van der Waals surface area contributed by atoms with E-state index in [1.165, 1.54) is 11.9 Å². The Balaban J connectivity index is 2.25. The maximum absolute atomic E-state index is 13.1.